The predicted molar refractivity (Wildman–Crippen MR) is 128 cm³/mol. The summed E-state index contributed by atoms with van der Waals surface area (Å²) < 4.78 is 1.01. The topological polar surface area (TPSA) is 61.6 Å². The Morgan fingerprint density at radius 1 is 1.38 bits per heavy atom. The molecule has 2 atom stereocenters. The van der Waals surface area contributed by atoms with Gasteiger partial charge in [-0.15, -0.1) is 0 Å². The largest absolute Gasteiger partial charge is 0.391 e. The van der Waals surface area contributed by atoms with E-state index in [-0.39, 0.29) is 12.1 Å². The maximum absolute atomic E-state index is 10.3. The van der Waals surface area contributed by atoms with Crippen molar-refractivity contribution in [1.29, 1.82) is 0 Å². The number of halogens is 1. The summed E-state index contributed by atoms with van der Waals surface area (Å²) in [5.74, 6) is 1.84. The van der Waals surface area contributed by atoms with Gasteiger partial charge >= 0.3 is 0 Å². The number of nitrogens with zero attached hydrogens (tertiary/aromatic N) is 4. The number of piperidine rings is 1. The van der Waals surface area contributed by atoms with Crippen LogP contribution in [0.4, 0.5) is 5.82 Å². The Kier molecular flexibility index (Phi) is 7.57. The van der Waals surface area contributed by atoms with Crippen LogP contribution in [-0.2, 0) is 0 Å². The molecule has 0 radical (unpaired) electrons. The Balaban J connectivity index is 2.25. The van der Waals surface area contributed by atoms with E-state index in [2.05, 4.69) is 61.5 Å². The quantitative estimate of drug-likeness (QED) is 0.457. The lowest BCUT2D eigenvalue weighted by atomic mass is 9.89. The number of hydrogen-bond acceptors (Lipinski definition) is 6. The summed E-state index contributed by atoms with van der Waals surface area (Å²) in [4.78, 5) is 17.1. The minimum absolute atomic E-state index is 0.234. The average Bonchev–Trinajstić information content (AvgIpc) is 2.72. The third-order valence-electron chi connectivity index (χ3n) is 5.48. The zero-order chi connectivity index (χ0) is 21.1. The second kappa shape index (κ2) is 9.75. The number of allylic oxidation sites excluding steroid dienone is 4. The van der Waals surface area contributed by atoms with Gasteiger partial charge in [-0.2, -0.15) is 0 Å². The number of aliphatic hydroxyl groups excluding tert-OH is 1. The van der Waals surface area contributed by atoms with Gasteiger partial charge in [0.15, 0.2) is 5.16 Å². The maximum atomic E-state index is 10.3. The van der Waals surface area contributed by atoms with Gasteiger partial charge in [0, 0.05) is 29.2 Å². The Labute approximate surface area is 186 Å². The van der Waals surface area contributed by atoms with Crippen LogP contribution in [0.5, 0.6) is 0 Å². The second-order valence-electron chi connectivity index (χ2n) is 7.60. The van der Waals surface area contributed by atoms with Crippen molar-refractivity contribution in [2.24, 2.45) is 4.99 Å². The van der Waals surface area contributed by atoms with Crippen LogP contribution in [0.2, 0.25) is 0 Å². The van der Waals surface area contributed by atoms with Crippen LogP contribution in [0.25, 0.3) is 11.1 Å². The van der Waals surface area contributed by atoms with Crippen molar-refractivity contribution in [3.63, 3.8) is 0 Å². The zero-order valence-corrected chi connectivity index (χ0v) is 20.4. The monoisotopic (exact) mass is 478 g/mol. The van der Waals surface area contributed by atoms with E-state index in [1.807, 2.05) is 0 Å². The lowest BCUT2D eigenvalue weighted by Gasteiger charge is -2.34. The van der Waals surface area contributed by atoms with E-state index in [0.29, 0.717) is 6.54 Å². The maximum Gasteiger partial charge on any atom is 0.190 e. The molecule has 0 saturated carbocycles. The zero-order valence-electron chi connectivity index (χ0n) is 18.0. The van der Waals surface area contributed by atoms with Gasteiger partial charge in [-0.25, -0.2) is 9.97 Å². The van der Waals surface area contributed by atoms with Crippen molar-refractivity contribution >= 4 is 50.4 Å². The van der Waals surface area contributed by atoms with E-state index in [0.717, 1.165) is 75.1 Å². The molecule has 7 heteroatoms. The highest BCUT2D eigenvalue weighted by Gasteiger charge is 2.33. The van der Waals surface area contributed by atoms with E-state index >= 15 is 0 Å². The van der Waals surface area contributed by atoms with Crippen molar-refractivity contribution in [3.8, 4) is 0 Å². The van der Waals surface area contributed by atoms with Gasteiger partial charge < -0.3 is 10.0 Å². The van der Waals surface area contributed by atoms with Crippen LogP contribution in [0.3, 0.4) is 0 Å². The van der Waals surface area contributed by atoms with Gasteiger partial charge in [-0.05, 0) is 67.3 Å². The molecule has 1 aliphatic carbocycles. The molecule has 3 rings (SSSR count). The van der Waals surface area contributed by atoms with Crippen molar-refractivity contribution in [3.05, 3.63) is 21.8 Å². The number of aliphatic imine (C=N–C) groups is 1. The van der Waals surface area contributed by atoms with Gasteiger partial charge in [-0.1, -0.05) is 31.7 Å². The van der Waals surface area contributed by atoms with E-state index in [1.165, 1.54) is 0 Å². The summed E-state index contributed by atoms with van der Waals surface area (Å²) in [6, 6.07) is 0.234. The number of aromatic nitrogens is 2. The highest BCUT2D eigenvalue weighted by molar-refractivity contribution is 9.12. The number of fused-ring (bicyclic) bond motifs is 1. The number of rotatable bonds is 5. The molecule has 1 N–H and O–H groups in total. The standard InChI is InChI=1S/C22H31BrN4OS/c1-6-13(4)24-20-16(7-2)17-19(14(5)18(20)23)25-22(29-8-3)26-21(17)27-11-9-10-15(28)12-27/h7,13,15,28H,6,8-12H2,1-5H3/b16-7-,24-20?. The van der Waals surface area contributed by atoms with Gasteiger partial charge in [0.05, 0.1) is 23.1 Å². The van der Waals surface area contributed by atoms with Crippen LogP contribution in [0, 0.1) is 0 Å². The van der Waals surface area contributed by atoms with Crippen LogP contribution in [0.1, 0.15) is 65.1 Å². The summed E-state index contributed by atoms with van der Waals surface area (Å²) in [7, 11) is 0. The van der Waals surface area contributed by atoms with E-state index in [4.69, 9.17) is 15.0 Å². The SMILES string of the molecule is C/C=C1\C(=NC(C)CC)C(Br)=C(C)c2nc(SCC)nc(N3CCCC(O)C3)c21. The minimum atomic E-state index is -0.314. The fraction of sp³-hybridized carbons (Fsp3) is 0.591. The molecule has 1 aromatic rings. The molecular formula is C22H31BrN4OS. The predicted octanol–water partition coefficient (Wildman–Crippen LogP) is 5.33. The first-order valence-corrected chi connectivity index (χ1v) is 12.3. The van der Waals surface area contributed by atoms with Crippen molar-refractivity contribution in [2.45, 2.75) is 71.2 Å². The Morgan fingerprint density at radius 2 is 2.14 bits per heavy atom. The van der Waals surface area contributed by atoms with Crippen LogP contribution in [-0.4, -0.2) is 51.8 Å². The minimum Gasteiger partial charge on any atom is -0.391 e. The lowest BCUT2D eigenvalue weighted by Crippen LogP contribution is -2.40. The molecule has 0 amide bonds. The first kappa shape index (κ1) is 22.5. The van der Waals surface area contributed by atoms with Crippen LogP contribution in [0.15, 0.2) is 20.7 Å². The molecule has 29 heavy (non-hydrogen) atoms. The highest BCUT2D eigenvalue weighted by Crippen LogP contribution is 2.43. The van der Waals surface area contributed by atoms with Crippen molar-refractivity contribution < 1.29 is 5.11 Å². The number of anilines is 1. The molecule has 5 nitrogen and oxygen atoms in total. The molecule has 0 bridgehead atoms. The van der Waals surface area contributed by atoms with Crippen LogP contribution < -0.4 is 4.90 Å². The van der Waals surface area contributed by atoms with Gasteiger partial charge in [0.1, 0.15) is 5.82 Å². The molecule has 2 unspecified atom stereocenters. The molecular weight excluding hydrogens is 448 g/mol. The summed E-state index contributed by atoms with van der Waals surface area (Å²) >= 11 is 5.47. The molecule has 1 aromatic heterocycles. The van der Waals surface area contributed by atoms with Gasteiger partial charge in [-0.3, -0.25) is 4.99 Å². The molecule has 1 fully saturated rings. The summed E-state index contributed by atoms with van der Waals surface area (Å²) in [6.45, 7) is 12.1. The third-order valence-corrected chi connectivity index (χ3v) is 7.18. The molecule has 1 aliphatic heterocycles. The molecule has 0 aromatic carbocycles. The Bertz CT molecular complexity index is 865. The van der Waals surface area contributed by atoms with E-state index in [1.54, 1.807) is 11.8 Å². The van der Waals surface area contributed by atoms with Crippen molar-refractivity contribution in [2.75, 3.05) is 23.7 Å². The number of hydrogen-bond donors (Lipinski definition) is 1. The third kappa shape index (κ3) is 4.62. The number of β-amino-alcohol motifs (C(OH)–C–C–N with tert-alkyl or cyclic N) is 1. The highest BCUT2D eigenvalue weighted by atomic mass is 79.9. The summed E-state index contributed by atoms with van der Waals surface area (Å²) in [6.07, 6.45) is 4.61. The van der Waals surface area contributed by atoms with Gasteiger partial charge in [0.25, 0.3) is 0 Å². The Hall–Kier alpha value is -1.18. The average molecular weight is 479 g/mol. The second-order valence-corrected chi connectivity index (χ2v) is 9.63. The van der Waals surface area contributed by atoms with Gasteiger partial charge in [0.2, 0.25) is 0 Å². The first-order chi connectivity index (χ1) is 13.9. The van der Waals surface area contributed by atoms with Crippen LogP contribution >= 0.6 is 27.7 Å². The molecule has 0 spiro atoms. The van der Waals surface area contributed by atoms with Crippen molar-refractivity contribution in [1.82, 2.24) is 9.97 Å². The lowest BCUT2D eigenvalue weighted by molar-refractivity contribution is 0.153. The number of thioether (sulfide) groups is 1. The first-order valence-electron chi connectivity index (χ1n) is 10.5. The summed E-state index contributed by atoms with van der Waals surface area (Å²) in [5.41, 5.74) is 5.15. The Morgan fingerprint density at radius 3 is 2.76 bits per heavy atom. The molecule has 2 aliphatic rings. The van der Waals surface area contributed by atoms with E-state index in [9.17, 15) is 5.11 Å². The number of aliphatic hydroxyl groups is 1. The normalized spacial score (nSPS) is 23.7. The summed E-state index contributed by atoms with van der Waals surface area (Å²) in [5, 5.41) is 11.1. The molecule has 2 heterocycles. The fourth-order valence-electron chi connectivity index (χ4n) is 3.76. The fourth-order valence-corrected chi connectivity index (χ4v) is 4.82. The molecule has 158 valence electrons. The van der Waals surface area contributed by atoms with E-state index < -0.39 is 0 Å². The smallest absolute Gasteiger partial charge is 0.190 e. The molecule has 1 saturated heterocycles.